The first-order valence-electron chi connectivity index (χ1n) is 7.93. The number of hydrogen-bond acceptors (Lipinski definition) is 0. The van der Waals surface area contributed by atoms with Gasteiger partial charge in [0.15, 0.2) is 0 Å². The molecule has 0 N–H and O–H groups in total. The minimum Gasteiger partial charge on any atom is -0.0622 e. The van der Waals surface area contributed by atoms with Gasteiger partial charge < -0.3 is 0 Å². The van der Waals surface area contributed by atoms with Crippen molar-refractivity contribution in [3.63, 3.8) is 0 Å². The Balaban J connectivity index is 2.10. The first kappa shape index (κ1) is 14.3. The van der Waals surface area contributed by atoms with Crippen molar-refractivity contribution in [3.8, 4) is 0 Å². The van der Waals surface area contributed by atoms with Crippen molar-refractivity contribution in [2.45, 2.75) is 0 Å². The van der Waals surface area contributed by atoms with Gasteiger partial charge >= 0.3 is 0 Å². The molecule has 0 atom stereocenters. The Hall–Kier alpha value is -2.30. The number of benzene rings is 3. The molecule has 0 unspecified atom stereocenters. The Bertz CT molecular complexity index is 875. The summed E-state index contributed by atoms with van der Waals surface area (Å²) in [5.74, 6) is 0. The smallest absolute Gasteiger partial charge is 0.0104 e. The lowest BCUT2D eigenvalue weighted by atomic mass is 10.1. The molecule has 0 bridgehead atoms. The van der Waals surface area contributed by atoms with Gasteiger partial charge in [-0.05, 0) is 40.6 Å². The van der Waals surface area contributed by atoms with Gasteiger partial charge in [0.2, 0.25) is 0 Å². The third-order valence-corrected chi connectivity index (χ3v) is 8.70. The zero-order valence-electron chi connectivity index (χ0n) is 13.2. The molecule has 112 valence electrons. The van der Waals surface area contributed by atoms with Crippen LogP contribution in [0.2, 0.25) is 0 Å². The van der Waals surface area contributed by atoms with Crippen LogP contribution in [0.15, 0.2) is 91.0 Å². The summed E-state index contributed by atoms with van der Waals surface area (Å²) in [7, 11) is 0. The van der Waals surface area contributed by atoms with Crippen molar-refractivity contribution in [1.29, 1.82) is 0 Å². The number of allylic oxidation sites excluding steroid dienone is 1. The van der Waals surface area contributed by atoms with Gasteiger partial charge in [0.1, 0.15) is 0 Å². The zero-order chi connectivity index (χ0) is 15.7. The summed E-state index contributed by atoms with van der Waals surface area (Å²) >= 11 is 0. The SMILES string of the molecule is CP(=C1C=Cc2ccccc21)(c1ccccc1)c1ccccc1. The van der Waals surface area contributed by atoms with Gasteiger partial charge in [0.05, 0.1) is 0 Å². The van der Waals surface area contributed by atoms with Gasteiger partial charge in [-0.2, -0.15) is 0 Å². The number of rotatable bonds is 2. The fourth-order valence-electron chi connectivity index (χ4n) is 3.40. The molecule has 0 aromatic heterocycles. The largest absolute Gasteiger partial charge is 0.0622 e. The average molecular weight is 314 g/mol. The van der Waals surface area contributed by atoms with Crippen LogP contribution in [0.5, 0.6) is 0 Å². The van der Waals surface area contributed by atoms with E-state index in [-0.39, 0.29) is 0 Å². The average Bonchev–Trinajstić information content (AvgIpc) is 3.07. The summed E-state index contributed by atoms with van der Waals surface area (Å²) in [4.78, 5) is 0. The van der Waals surface area contributed by atoms with E-state index >= 15 is 0 Å². The fourth-order valence-corrected chi connectivity index (χ4v) is 6.85. The Morgan fingerprint density at radius 3 is 1.70 bits per heavy atom. The molecule has 0 amide bonds. The molecule has 3 aromatic rings. The second kappa shape index (κ2) is 5.72. The van der Waals surface area contributed by atoms with Crippen LogP contribution in [-0.2, 0) is 0 Å². The molecule has 23 heavy (non-hydrogen) atoms. The van der Waals surface area contributed by atoms with Gasteiger partial charge in [0, 0.05) is 0 Å². The molecule has 1 heteroatoms. The third kappa shape index (κ3) is 2.31. The van der Waals surface area contributed by atoms with E-state index in [9.17, 15) is 0 Å². The van der Waals surface area contributed by atoms with Crippen molar-refractivity contribution < 1.29 is 0 Å². The minimum atomic E-state index is -1.62. The first-order chi connectivity index (χ1) is 11.3. The zero-order valence-corrected chi connectivity index (χ0v) is 14.1. The molecule has 0 nitrogen and oxygen atoms in total. The molecule has 0 radical (unpaired) electrons. The van der Waals surface area contributed by atoms with Gasteiger partial charge in [-0.3, -0.25) is 0 Å². The van der Waals surface area contributed by atoms with Crippen LogP contribution < -0.4 is 10.6 Å². The number of hydrogen-bond donors (Lipinski definition) is 0. The van der Waals surface area contributed by atoms with Crippen LogP contribution in [0.3, 0.4) is 0 Å². The van der Waals surface area contributed by atoms with Gasteiger partial charge in [-0.1, -0.05) is 97.1 Å². The molecular weight excluding hydrogens is 295 g/mol. The maximum absolute atomic E-state index is 2.44. The highest BCUT2D eigenvalue weighted by Gasteiger charge is 2.25. The highest BCUT2D eigenvalue weighted by molar-refractivity contribution is 7.89. The van der Waals surface area contributed by atoms with E-state index < -0.39 is 6.89 Å². The topological polar surface area (TPSA) is 0 Å². The van der Waals surface area contributed by atoms with Crippen molar-refractivity contribution in [3.05, 3.63) is 102 Å². The van der Waals surface area contributed by atoms with Crippen molar-refractivity contribution >= 4 is 28.9 Å². The standard InChI is InChI=1S/C22H19P/c1-23(19-11-4-2-5-12-19,20-13-6-3-7-14-20)22-17-16-18-10-8-9-15-21(18)22/h2-17H,1H3. The molecule has 0 fully saturated rings. The maximum Gasteiger partial charge on any atom is -0.0104 e. The van der Waals surface area contributed by atoms with Gasteiger partial charge in [0.25, 0.3) is 0 Å². The quantitative estimate of drug-likeness (QED) is 0.610. The molecule has 4 rings (SSSR count). The minimum absolute atomic E-state index is 1.33. The number of fused-ring (bicyclic) bond motifs is 1. The molecule has 0 saturated heterocycles. The van der Waals surface area contributed by atoms with Crippen LogP contribution in [0.4, 0.5) is 0 Å². The lowest BCUT2D eigenvalue weighted by molar-refractivity contribution is 1.65. The molecule has 3 aromatic carbocycles. The molecule has 0 aliphatic heterocycles. The highest BCUT2D eigenvalue weighted by Crippen LogP contribution is 2.46. The predicted octanol–water partition coefficient (Wildman–Crippen LogP) is 4.53. The summed E-state index contributed by atoms with van der Waals surface area (Å²) in [5, 5.41) is 4.34. The first-order valence-corrected chi connectivity index (χ1v) is 10.2. The van der Waals surface area contributed by atoms with Crippen molar-refractivity contribution in [2.24, 2.45) is 0 Å². The van der Waals surface area contributed by atoms with E-state index in [1.807, 2.05) is 0 Å². The monoisotopic (exact) mass is 314 g/mol. The second-order valence-electron chi connectivity index (χ2n) is 5.98. The van der Waals surface area contributed by atoms with Gasteiger partial charge in [-0.25, -0.2) is 0 Å². The van der Waals surface area contributed by atoms with E-state index in [1.165, 1.54) is 27.0 Å². The van der Waals surface area contributed by atoms with Gasteiger partial charge in [-0.15, -0.1) is 0 Å². The highest BCUT2D eigenvalue weighted by atomic mass is 31.2. The second-order valence-corrected chi connectivity index (χ2v) is 9.51. The predicted molar refractivity (Wildman–Crippen MR) is 105 cm³/mol. The molecule has 0 spiro atoms. The molecule has 0 heterocycles. The summed E-state index contributed by atoms with van der Waals surface area (Å²) in [6.45, 7) is 0.820. The lowest BCUT2D eigenvalue weighted by Gasteiger charge is -2.26. The summed E-state index contributed by atoms with van der Waals surface area (Å²) in [5.41, 5.74) is 2.72. The molecule has 0 saturated carbocycles. The van der Waals surface area contributed by atoms with E-state index in [0.717, 1.165) is 0 Å². The van der Waals surface area contributed by atoms with E-state index in [0.29, 0.717) is 0 Å². The Morgan fingerprint density at radius 1 is 0.565 bits per heavy atom. The third-order valence-electron chi connectivity index (χ3n) is 4.68. The van der Waals surface area contributed by atoms with Crippen molar-refractivity contribution in [2.75, 3.05) is 6.66 Å². The normalized spacial score (nSPS) is 13.2. The molecule has 1 aliphatic rings. The van der Waals surface area contributed by atoms with Crippen LogP contribution in [-0.4, -0.2) is 12.0 Å². The van der Waals surface area contributed by atoms with E-state index in [1.54, 1.807) is 0 Å². The lowest BCUT2D eigenvalue weighted by Crippen LogP contribution is -2.20. The molecular formula is C22H19P. The maximum atomic E-state index is 2.44. The molecule has 1 aliphatic carbocycles. The van der Waals surface area contributed by atoms with E-state index in [4.69, 9.17) is 0 Å². The summed E-state index contributed by atoms with van der Waals surface area (Å²) in [6, 6.07) is 30.7. The van der Waals surface area contributed by atoms with Crippen LogP contribution in [0.25, 0.3) is 6.08 Å². The Morgan fingerprint density at radius 2 is 1.09 bits per heavy atom. The van der Waals surface area contributed by atoms with Crippen LogP contribution >= 0.6 is 6.89 Å². The Kier molecular flexibility index (Phi) is 3.56. The summed E-state index contributed by atoms with van der Waals surface area (Å²) in [6.07, 6.45) is 4.59. The van der Waals surface area contributed by atoms with E-state index in [2.05, 4.69) is 104 Å². The van der Waals surface area contributed by atoms with Crippen molar-refractivity contribution in [1.82, 2.24) is 0 Å². The van der Waals surface area contributed by atoms with Crippen LogP contribution in [0, 0.1) is 0 Å². The summed E-state index contributed by atoms with van der Waals surface area (Å²) < 4.78 is 0. The Labute approximate surface area is 138 Å². The van der Waals surface area contributed by atoms with Crippen LogP contribution in [0.1, 0.15) is 11.1 Å². The fraction of sp³-hybridized carbons (Fsp3) is 0.0455.